The number of halogens is 3. The van der Waals surface area contributed by atoms with Gasteiger partial charge in [-0.05, 0) is 59.1 Å². The Morgan fingerprint density at radius 1 is 1.24 bits per heavy atom. The van der Waals surface area contributed by atoms with E-state index in [0.29, 0.717) is 17.7 Å². The number of anilines is 1. The minimum absolute atomic E-state index is 0.0480. The molecule has 0 saturated heterocycles. The van der Waals surface area contributed by atoms with E-state index in [2.05, 4.69) is 26.0 Å². The number of ether oxygens (including phenoxy) is 2. The van der Waals surface area contributed by atoms with Crippen molar-refractivity contribution in [1.29, 1.82) is 0 Å². The van der Waals surface area contributed by atoms with Gasteiger partial charge in [-0.2, -0.15) is 8.78 Å². The Kier molecular flexibility index (Phi) is 6.75. The van der Waals surface area contributed by atoms with E-state index in [1.54, 1.807) is 26.2 Å². The largest absolute Gasteiger partial charge is 0.496 e. The number of hydrogen-bond acceptors (Lipinski definition) is 3. The average Bonchev–Trinajstić information content (AvgIpc) is 2.56. The zero-order valence-corrected chi connectivity index (χ0v) is 15.4. The molecule has 0 unspecified atom stereocenters. The van der Waals surface area contributed by atoms with E-state index >= 15 is 0 Å². The van der Waals surface area contributed by atoms with Crippen LogP contribution >= 0.6 is 15.9 Å². The fourth-order valence-corrected chi connectivity index (χ4v) is 2.90. The summed E-state index contributed by atoms with van der Waals surface area (Å²) in [5.41, 5.74) is 1.90. The zero-order valence-electron chi connectivity index (χ0n) is 13.8. The van der Waals surface area contributed by atoms with Crippen molar-refractivity contribution in [3.63, 3.8) is 0 Å². The number of rotatable bonds is 7. The predicted octanol–water partition coefficient (Wildman–Crippen LogP) is 4.94. The number of carbonyl (C=O) groups is 1. The molecule has 2 rings (SSSR count). The Morgan fingerprint density at radius 3 is 2.64 bits per heavy atom. The summed E-state index contributed by atoms with van der Waals surface area (Å²) >= 11 is 3.40. The van der Waals surface area contributed by atoms with Crippen molar-refractivity contribution in [3.05, 3.63) is 52.0 Å². The van der Waals surface area contributed by atoms with Crippen LogP contribution in [0.25, 0.3) is 0 Å². The molecule has 0 saturated carbocycles. The normalized spacial score (nSPS) is 10.6. The van der Waals surface area contributed by atoms with E-state index in [0.717, 1.165) is 15.8 Å². The minimum Gasteiger partial charge on any atom is -0.496 e. The maximum atomic E-state index is 12.4. The highest BCUT2D eigenvalue weighted by Crippen LogP contribution is 2.28. The minimum atomic E-state index is -2.90. The van der Waals surface area contributed by atoms with Crippen LogP contribution in [0.5, 0.6) is 11.5 Å². The van der Waals surface area contributed by atoms with Gasteiger partial charge in [-0.25, -0.2) is 0 Å². The van der Waals surface area contributed by atoms with Crippen molar-refractivity contribution in [2.45, 2.75) is 26.4 Å². The first-order valence-electron chi connectivity index (χ1n) is 7.57. The molecule has 7 heteroatoms. The summed E-state index contributed by atoms with van der Waals surface area (Å²) < 4.78 is 35.1. The van der Waals surface area contributed by atoms with E-state index < -0.39 is 6.61 Å². The maximum Gasteiger partial charge on any atom is 0.387 e. The number of methoxy groups -OCH3 is 1. The molecule has 1 N–H and O–H groups in total. The Hall–Kier alpha value is -2.15. The van der Waals surface area contributed by atoms with Crippen LogP contribution in [0.3, 0.4) is 0 Å². The smallest absolute Gasteiger partial charge is 0.387 e. The molecule has 0 atom stereocenters. The van der Waals surface area contributed by atoms with Gasteiger partial charge >= 0.3 is 6.61 Å². The third-order valence-electron chi connectivity index (χ3n) is 3.63. The van der Waals surface area contributed by atoms with Gasteiger partial charge < -0.3 is 14.8 Å². The third kappa shape index (κ3) is 5.42. The van der Waals surface area contributed by atoms with Crippen LogP contribution in [0, 0.1) is 6.92 Å². The second kappa shape index (κ2) is 8.80. The van der Waals surface area contributed by atoms with Gasteiger partial charge in [0, 0.05) is 17.7 Å². The first-order valence-corrected chi connectivity index (χ1v) is 8.36. The molecule has 25 heavy (non-hydrogen) atoms. The van der Waals surface area contributed by atoms with E-state index in [1.807, 2.05) is 18.2 Å². The lowest BCUT2D eigenvalue weighted by Gasteiger charge is -2.13. The van der Waals surface area contributed by atoms with Crippen LogP contribution in [-0.2, 0) is 11.2 Å². The molecule has 0 aromatic heterocycles. The lowest BCUT2D eigenvalue weighted by atomic mass is 10.1. The van der Waals surface area contributed by atoms with Crippen molar-refractivity contribution < 1.29 is 23.0 Å². The van der Waals surface area contributed by atoms with Crippen LogP contribution in [0.4, 0.5) is 14.5 Å². The summed E-state index contributed by atoms with van der Waals surface area (Å²) in [6.07, 6.45) is 0.804. The van der Waals surface area contributed by atoms with Crippen molar-refractivity contribution in [2.24, 2.45) is 0 Å². The molecule has 0 aliphatic heterocycles. The lowest BCUT2D eigenvalue weighted by molar-refractivity contribution is -0.116. The average molecular weight is 414 g/mol. The topological polar surface area (TPSA) is 47.6 Å². The summed E-state index contributed by atoms with van der Waals surface area (Å²) in [5.74, 6) is 0.566. The molecule has 0 radical (unpaired) electrons. The third-order valence-corrected chi connectivity index (χ3v) is 4.25. The standard InChI is InChI=1S/C18H18BrF2NO3/c1-11-14(4-3-5-15(11)25-18(20)21)22-17(23)9-7-12-6-8-16(24-2)13(19)10-12/h3-6,8,10,18H,7,9H2,1-2H3,(H,22,23). The van der Waals surface area contributed by atoms with Crippen LogP contribution in [0.15, 0.2) is 40.9 Å². The van der Waals surface area contributed by atoms with Gasteiger partial charge in [0.2, 0.25) is 5.91 Å². The van der Waals surface area contributed by atoms with Gasteiger partial charge in [0.05, 0.1) is 11.6 Å². The highest BCUT2D eigenvalue weighted by atomic mass is 79.9. The van der Waals surface area contributed by atoms with Gasteiger partial charge in [-0.3, -0.25) is 4.79 Å². The van der Waals surface area contributed by atoms with Crippen LogP contribution in [-0.4, -0.2) is 19.6 Å². The number of hydrogen-bond donors (Lipinski definition) is 1. The maximum absolute atomic E-state index is 12.4. The Balaban J connectivity index is 1.97. The SMILES string of the molecule is COc1ccc(CCC(=O)Nc2cccc(OC(F)F)c2C)cc1Br. The quantitative estimate of drug-likeness (QED) is 0.699. The van der Waals surface area contributed by atoms with Gasteiger partial charge in [-0.1, -0.05) is 12.1 Å². The number of alkyl halides is 2. The van der Waals surface area contributed by atoms with Crippen molar-refractivity contribution in [2.75, 3.05) is 12.4 Å². The number of carbonyl (C=O) groups excluding carboxylic acids is 1. The van der Waals surface area contributed by atoms with Gasteiger partial charge in [-0.15, -0.1) is 0 Å². The summed E-state index contributed by atoms with van der Waals surface area (Å²) in [4.78, 5) is 12.1. The number of amides is 1. The lowest BCUT2D eigenvalue weighted by Crippen LogP contribution is -2.14. The molecule has 0 bridgehead atoms. The number of nitrogens with one attached hydrogen (secondary N) is 1. The molecule has 0 aliphatic carbocycles. The molecule has 0 aliphatic rings. The van der Waals surface area contributed by atoms with Gasteiger partial charge in [0.1, 0.15) is 11.5 Å². The second-order valence-corrected chi connectivity index (χ2v) is 6.18. The molecular weight excluding hydrogens is 396 g/mol. The molecule has 4 nitrogen and oxygen atoms in total. The van der Waals surface area contributed by atoms with Gasteiger partial charge in [0.15, 0.2) is 0 Å². The molecule has 1 amide bonds. The highest BCUT2D eigenvalue weighted by Gasteiger charge is 2.12. The fourth-order valence-electron chi connectivity index (χ4n) is 2.31. The van der Waals surface area contributed by atoms with E-state index in [1.165, 1.54) is 6.07 Å². The van der Waals surface area contributed by atoms with E-state index in [4.69, 9.17) is 4.74 Å². The van der Waals surface area contributed by atoms with Crippen LogP contribution < -0.4 is 14.8 Å². The van der Waals surface area contributed by atoms with Crippen molar-refractivity contribution >= 4 is 27.5 Å². The monoisotopic (exact) mass is 413 g/mol. The summed E-state index contributed by atoms with van der Waals surface area (Å²) in [6, 6.07) is 10.3. The Labute approximate surface area is 153 Å². The van der Waals surface area contributed by atoms with E-state index in [9.17, 15) is 13.6 Å². The fraction of sp³-hybridized carbons (Fsp3) is 0.278. The molecule has 0 heterocycles. The molecule has 134 valence electrons. The Morgan fingerprint density at radius 2 is 2.00 bits per heavy atom. The first kappa shape index (κ1) is 19.2. The number of aryl methyl sites for hydroxylation is 1. The molecule has 2 aromatic carbocycles. The molecule has 2 aromatic rings. The molecule has 0 spiro atoms. The van der Waals surface area contributed by atoms with Crippen LogP contribution in [0.2, 0.25) is 0 Å². The molecular formula is C18H18BrF2NO3. The van der Waals surface area contributed by atoms with Crippen molar-refractivity contribution in [1.82, 2.24) is 0 Å². The zero-order chi connectivity index (χ0) is 18.4. The Bertz CT molecular complexity index is 753. The van der Waals surface area contributed by atoms with Gasteiger partial charge in [0.25, 0.3) is 0 Å². The summed E-state index contributed by atoms with van der Waals surface area (Å²) in [6.45, 7) is -1.29. The van der Waals surface area contributed by atoms with E-state index in [-0.39, 0.29) is 18.1 Å². The molecule has 0 fully saturated rings. The number of benzene rings is 2. The highest BCUT2D eigenvalue weighted by molar-refractivity contribution is 9.10. The summed E-state index contributed by atoms with van der Waals surface area (Å²) in [5, 5.41) is 2.73. The van der Waals surface area contributed by atoms with Crippen LogP contribution in [0.1, 0.15) is 17.5 Å². The first-order chi connectivity index (χ1) is 11.9. The summed E-state index contributed by atoms with van der Waals surface area (Å²) in [7, 11) is 1.58. The second-order valence-electron chi connectivity index (χ2n) is 5.32. The predicted molar refractivity (Wildman–Crippen MR) is 95.5 cm³/mol. The van der Waals surface area contributed by atoms with Crippen molar-refractivity contribution in [3.8, 4) is 11.5 Å².